The molecule has 2 fully saturated rings. The Morgan fingerprint density at radius 1 is 1.06 bits per heavy atom. The molecule has 0 unspecified atom stereocenters. The Morgan fingerprint density at radius 3 is 2.26 bits per heavy atom. The van der Waals surface area contributed by atoms with Crippen molar-refractivity contribution in [2.24, 2.45) is 5.92 Å². The molecule has 186 valence electrons. The van der Waals surface area contributed by atoms with Crippen LogP contribution in [-0.2, 0) is 25.2 Å². The third-order valence-corrected chi connectivity index (χ3v) is 8.98. The number of benzene rings is 2. The molecule has 2 saturated heterocycles. The van der Waals surface area contributed by atoms with E-state index in [4.69, 9.17) is 0 Å². The lowest BCUT2D eigenvalue weighted by atomic mass is 9.91. The predicted molar refractivity (Wildman–Crippen MR) is 131 cm³/mol. The van der Waals surface area contributed by atoms with Crippen LogP contribution >= 0.6 is 0 Å². The predicted octanol–water partition coefficient (Wildman–Crippen LogP) is 2.71. The topological polar surface area (TPSA) is 125 Å². The van der Waals surface area contributed by atoms with Crippen LogP contribution in [0.2, 0.25) is 0 Å². The Kier molecular flexibility index (Phi) is 6.46. The minimum absolute atomic E-state index is 0.202. The summed E-state index contributed by atoms with van der Waals surface area (Å²) in [4.78, 5) is 37.1. The van der Waals surface area contributed by atoms with Crippen molar-refractivity contribution < 1.29 is 22.8 Å². The van der Waals surface area contributed by atoms with E-state index in [-0.39, 0.29) is 24.9 Å². The molecule has 3 N–H and O–H groups in total. The molecule has 10 heteroatoms. The van der Waals surface area contributed by atoms with Crippen molar-refractivity contribution in [2.45, 2.75) is 51.0 Å². The van der Waals surface area contributed by atoms with E-state index in [1.165, 1.54) is 4.31 Å². The van der Waals surface area contributed by atoms with Crippen LogP contribution in [0.25, 0.3) is 0 Å². The molecule has 9 nitrogen and oxygen atoms in total. The zero-order valence-corrected chi connectivity index (χ0v) is 21.1. The molecule has 2 aliphatic heterocycles. The van der Waals surface area contributed by atoms with E-state index in [0.29, 0.717) is 29.0 Å². The van der Waals surface area contributed by atoms with Gasteiger partial charge in [0, 0.05) is 24.7 Å². The standard InChI is InChI=1S/C25H30N4O5S/c1-15-12-16(2)21(17(3)13-15)35(33,34)29-10-8-18(9-11-29)22(30)26-20-7-5-6-19(14-20)25(4)23(31)27-24(32)28-25/h5-7,12-14,18H,8-11H2,1-4H3,(H,26,30)(H2,27,28,31,32)/t25-/m0/s1. The minimum atomic E-state index is -3.65. The molecular formula is C25H30N4O5S. The smallest absolute Gasteiger partial charge is 0.322 e. The number of anilines is 1. The third kappa shape index (κ3) is 4.68. The van der Waals surface area contributed by atoms with Crippen LogP contribution in [0.5, 0.6) is 0 Å². The van der Waals surface area contributed by atoms with Crippen molar-refractivity contribution in [3.8, 4) is 0 Å². The summed E-state index contributed by atoms with van der Waals surface area (Å²) in [6, 6.07) is 9.96. The highest BCUT2D eigenvalue weighted by Gasteiger charge is 2.43. The molecule has 1 atom stereocenters. The molecular weight excluding hydrogens is 468 g/mol. The molecule has 4 amide bonds. The van der Waals surface area contributed by atoms with Crippen LogP contribution in [0.3, 0.4) is 0 Å². The average molecular weight is 499 g/mol. The van der Waals surface area contributed by atoms with E-state index in [1.807, 2.05) is 32.9 Å². The van der Waals surface area contributed by atoms with Crippen molar-refractivity contribution in [1.29, 1.82) is 0 Å². The van der Waals surface area contributed by atoms with Crippen molar-refractivity contribution in [3.05, 3.63) is 58.7 Å². The van der Waals surface area contributed by atoms with Gasteiger partial charge < -0.3 is 10.6 Å². The number of carbonyl (C=O) groups excluding carboxylic acids is 3. The summed E-state index contributed by atoms with van der Waals surface area (Å²) in [5.41, 5.74) is 2.30. The maximum atomic E-state index is 13.3. The number of sulfonamides is 1. The molecule has 35 heavy (non-hydrogen) atoms. The van der Waals surface area contributed by atoms with E-state index < -0.39 is 27.5 Å². The molecule has 0 saturated carbocycles. The molecule has 2 aromatic rings. The van der Waals surface area contributed by atoms with Crippen LogP contribution < -0.4 is 16.0 Å². The first-order chi connectivity index (χ1) is 16.4. The van der Waals surface area contributed by atoms with Gasteiger partial charge in [-0.1, -0.05) is 29.8 Å². The van der Waals surface area contributed by atoms with Crippen molar-refractivity contribution in [1.82, 2.24) is 14.9 Å². The number of urea groups is 1. The molecule has 2 aliphatic rings. The fraction of sp³-hybridized carbons (Fsp3) is 0.400. The van der Waals surface area contributed by atoms with E-state index in [0.717, 1.165) is 16.7 Å². The van der Waals surface area contributed by atoms with Crippen LogP contribution in [0, 0.1) is 26.7 Å². The summed E-state index contributed by atoms with van der Waals surface area (Å²) < 4.78 is 28.1. The Hall–Kier alpha value is -3.24. The number of carbonyl (C=O) groups is 3. The maximum Gasteiger partial charge on any atom is 0.322 e. The van der Waals surface area contributed by atoms with Gasteiger partial charge in [-0.3, -0.25) is 14.9 Å². The lowest BCUT2D eigenvalue weighted by Crippen LogP contribution is -2.42. The lowest BCUT2D eigenvalue weighted by molar-refractivity contribution is -0.123. The Labute approximate surface area is 205 Å². The van der Waals surface area contributed by atoms with E-state index in [1.54, 1.807) is 31.2 Å². The van der Waals surface area contributed by atoms with Gasteiger partial charge in [-0.25, -0.2) is 13.2 Å². The summed E-state index contributed by atoms with van der Waals surface area (Å²) in [6.45, 7) is 7.68. The Balaban J connectivity index is 1.43. The first-order valence-corrected chi connectivity index (χ1v) is 13.0. The van der Waals surface area contributed by atoms with E-state index in [9.17, 15) is 22.8 Å². The van der Waals surface area contributed by atoms with Gasteiger partial charge in [0.05, 0.1) is 4.90 Å². The van der Waals surface area contributed by atoms with Gasteiger partial charge in [-0.05, 0) is 69.4 Å². The number of hydrogen-bond acceptors (Lipinski definition) is 5. The normalized spacial score (nSPS) is 21.5. The quantitative estimate of drug-likeness (QED) is 0.547. The number of imide groups is 1. The van der Waals surface area contributed by atoms with Gasteiger partial charge in [0.25, 0.3) is 5.91 Å². The molecule has 0 aliphatic carbocycles. The lowest BCUT2D eigenvalue weighted by Gasteiger charge is -2.31. The van der Waals surface area contributed by atoms with Crippen LogP contribution in [0.4, 0.5) is 10.5 Å². The van der Waals surface area contributed by atoms with Gasteiger partial charge >= 0.3 is 6.03 Å². The van der Waals surface area contributed by atoms with Crippen LogP contribution in [-0.4, -0.2) is 43.7 Å². The van der Waals surface area contributed by atoms with Crippen molar-refractivity contribution in [3.63, 3.8) is 0 Å². The second-order valence-electron chi connectivity index (χ2n) is 9.51. The number of aryl methyl sites for hydroxylation is 3. The number of nitrogens with one attached hydrogen (secondary N) is 3. The molecule has 2 aromatic carbocycles. The van der Waals surface area contributed by atoms with E-state index >= 15 is 0 Å². The summed E-state index contributed by atoms with van der Waals surface area (Å²) in [7, 11) is -3.65. The minimum Gasteiger partial charge on any atom is -0.326 e. The van der Waals surface area contributed by atoms with Gasteiger partial charge in [0.1, 0.15) is 5.54 Å². The van der Waals surface area contributed by atoms with Gasteiger partial charge in [0.15, 0.2) is 0 Å². The Bertz CT molecular complexity index is 1290. The Morgan fingerprint density at radius 2 is 1.69 bits per heavy atom. The first-order valence-electron chi connectivity index (χ1n) is 11.5. The van der Waals surface area contributed by atoms with Crippen LogP contribution in [0.1, 0.15) is 42.0 Å². The second kappa shape index (κ2) is 9.09. The van der Waals surface area contributed by atoms with Crippen molar-refractivity contribution in [2.75, 3.05) is 18.4 Å². The molecule has 0 bridgehead atoms. The molecule has 2 heterocycles. The fourth-order valence-electron chi connectivity index (χ4n) is 4.96. The van der Waals surface area contributed by atoms with Gasteiger partial charge in [-0.2, -0.15) is 4.31 Å². The maximum absolute atomic E-state index is 13.3. The zero-order valence-electron chi connectivity index (χ0n) is 20.3. The SMILES string of the molecule is Cc1cc(C)c(S(=O)(=O)N2CCC(C(=O)Nc3cccc([C@]4(C)NC(=O)NC4=O)c3)CC2)c(C)c1. The number of piperidine rings is 1. The van der Waals surface area contributed by atoms with Crippen molar-refractivity contribution >= 4 is 33.6 Å². The number of nitrogens with zero attached hydrogens (tertiary/aromatic N) is 1. The molecule has 0 aromatic heterocycles. The zero-order chi connectivity index (χ0) is 25.5. The first kappa shape index (κ1) is 24.9. The summed E-state index contributed by atoms with van der Waals surface area (Å²) >= 11 is 0. The van der Waals surface area contributed by atoms with Gasteiger partial charge in [-0.15, -0.1) is 0 Å². The summed E-state index contributed by atoms with van der Waals surface area (Å²) in [5.74, 6) is -0.999. The van der Waals surface area contributed by atoms with Crippen LogP contribution in [0.15, 0.2) is 41.3 Å². The fourth-order valence-corrected chi connectivity index (χ4v) is 6.84. The highest BCUT2D eigenvalue weighted by atomic mass is 32.2. The number of hydrogen-bond donors (Lipinski definition) is 3. The number of amides is 4. The summed E-state index contributed by atoms with van der Waals surface area (Å²) in [5, 5.41) is 7.71. The van der Waals surface area contributed by atoms with E-state index in [2.05, 4.69) is 16.0 Å². The molecule has 0 spiro atoms. The highest BCUT2D eigenvalue weighted by Crippen LogP contribution is 2.30. The number of rotatable bonds is 5. The highest BCUT2D eigenvalue weighted by molar-refractivity contribution is 7.89. The molecule has 4 rings (SSSR count). The monoisotopic (exact) mass is 498 g/mol. The molecule has 0 radical (unpaired) electrons. The largest absolute Gasteiger partial charge is 0.326 e. The summed E-state index contributed by atoms with van der Waals surface area (Å²) in [6.07, 6.45) is 0.815. The van der Waals surface area contributed by atoms with Gasteiger partial charge in [0.2, 0.25) is 15.9 Å². The second-order valence-corrected chi connectivity index (χ2v) is 11.4. The third-order valence-electron chi connectivity index (χ3n) is 6.78. The average Bonchev–Trinajstić information content (AvgIpc) is 3.05.